The first-order valence-electron chi connectivity index (χ1n) is 11.6. The van der Waals surface area contributed by atoms with Gasteiger partial charge in [0.1, 0.15) is 21.0 Å². The van der Waals surface area contributed by atoms with Crippen molar-refractivity contribution in [3.05, 3.63) is 52.3 Å². The van der Waals surface area contributed by atoms with Crippen LogP contribution in [0.1, 0.15) is 56.3 Å². The number of fused-ring (bicyclic) bond motifs is 1. The van der Waals surface area contributed by atoms with E-state index in [0.29, 0.717) is 11.4 Å². The molecule has 0 bridgehead atoms. The van der Waals surface area contributed by atoms with Crippen LogP contribution in [0.15, 0.2) is 35.4 Å². The minimum absolute atomic E-state index is 0.0316. The number of hydrogen-bond donors (Lipinski definition) is 2. The second-order valence-electron chi connectivity index (χ2n) is 10.3. The number of aromatic nitrogens is 4. The summed E-state index contributed by atoms with van der Waals surface area (Å²) in [6.45, 7) is 3.99. The number of nitrogens with zero attached hydrogens (tertiary/aromatic N) is 3. The maximum atomic E-state index is 14.0. The Kier molecular flexibility index (Phi) is 6.81. The number of carbonyl (C=O) groups is 1. The molecule has 35 heavy (non-hydrogen) atoms. The van der Waals surface area contributed by atoms with Crippen LogP contribution in [-0.2, 0) is 9.84 Å². The van der Waals surface area contributed by atoms with Gasteiger partial charge in [-0.25, -0.2) is 27.5 Å². The molecule has 0 aliphatic heterocycles. The smallest absolute Gasteiger partial charge is 0.275 e. The van der Waals surface area contributed by atoms with Crippen molar-refractivity contribution in [2.24, 2.45) is 11.3 Å². The molecule has 1 aliphatic carbocycles. The highest BCUT2D eigenvalue weighted by atomic mass is 32.2. The predicted octanol–water partition coefficient (Wildman–Crippen LogP) is 3.00. The number of benzene rings is 1. The van der Waals surface area contributed by atoms with Crippen molar-refractivity contribution in [1.29, 1.82) is 0 Å². The van der Waals surface area contributed by atoms with Crippen LogP contribution >= 0.6 is 0 Å². The molecular formula is C24H30FN5O4S. The molecule has 0 radical (unpaired) electrons. The molecule has 2 heterocycles. The van der Waals surface area contributed by atoms with E-state index < -0.39 is 21.2 Å². The number of nitrogens with one attached hydrogen (secondary N) is 2. The van der Waals surface area contributed by atoms with Gasteiger partial charge in [-0.05, 0) is 55.6 Å². The Morgan fingerprint density at radius 2 is 1.86 bits per heavy atom. The van der Waals surface area contributed by atoms with Gasteiger partial charge in [0.05, 0.1) is 16.8 Å². The molecule has 9 nitrogen and oxygen atoms in total. The Hall–Kier alpha value is -3.08. The van der Waals surface area contributed by atoms with Crippen LogP contribution in [-0.4, -0.2) is 52.1 Å². The van der Waals surface area contributed by atoms with Crippen molar-refractivity contribution in [3.8, 4) is 5.95 Å². The summed E-state index contributed by atoms with van der Waals surface area (Å²) in [4.78, 5) is 33.2. The lowest BCUT2D eigenvalue weighted by Crippen LogP contribution is -2.38. The summed E-state index contributed by atoms with van der Waals surface area (Å²) in [6.07, 6.45) is 8.38. The third-order valence-electron chi connectivity index (χ3n) is 6.45. The van der Waals surface area contributed by atoms with Gasteiger partial charge in [0.2, 0.25) is 5.95 Å². The summed E-state index contributed by atoms with van der Waals surface area (Å²) in [6, 6.07) is 4.31. The van der Waals surface area contributed by atoms with Crippen LogP contribution < -0.4 is 10.9 Å². The van der Waals surface area contributed by atoms with E-state index in [0.717, 1.165) is 32.1 Å². The summed E-state index contributed by atoms with van der Waals surface area (Å²) in [5.74, 6) is -0.183. The number of amides is 1. The summed E-state index contributed by atoms with van der Waals surface area (Å²) in [7, 11) is -3.03. The quantitative estimate of drug-likeness (QED) is 0.510. The van der Waals surface area contributed by atoms with Crippen LogP contribution in [0.4, 0.5) is 4.39 Å². The molecule has 0 spiro atoms. The third-order valence-corrected chi connectivity index (χ3v) is 7.76. The highest BCUT2D eigenvalue weighted by Gasteiger charge is 2.30. The first-order chi connectivity index (χ1) is 16.4. The number of H-pyrrole nitrogens is 1. The van der Waals surface area contributed by atoms with Gasteiger partial charge in [0.15, 0.2) is 0 Å². The van der Waals surface area contributed by atoms with Crippen molar-refractivity contribution in [1.82, 2.24) is 25.1 Å². The highest BCUT2D eigenvalue weighted by molar-refractivity contribution is 7.90. The van der Waals surface area contributed by atoms with Gasteiger partial charge in [-0.15, -0.1) is 0 Å². The minimum atomic E-state index is -3.03. The number of rotatable bonds is 7. The number of aromatic amines is 1. The summed E-state index contributed by atoms with van der Waals surface area (Å²) < 4.78 is 38.6. The maximum Gasteiger partial charge on any atom is 0.275 e. The highest BCUT2D eigenvalue weighted by Crippen LogP contribution is 2.35. The van der Waals surface area contributed by atoms with Gasteiger partial charge < -0.3 is 5.32 Å². The Labute approximate surface area is 203 Å². The molecule has 1 amide bonds. The first kappa shape index (κ1) is 25.0. The standard InChI is InChI=1S/C24H30FN5O4S/c1-24(2,14-35(3,33)34)11-15-7-9-17(10-8-15)28-21(31)16-12-26-23(27-13-16)30-19-6-4-5-18(25)20(19)22(32)29-30/h4-6,12-13,15,17H,7-11,14H2,1-3H3,(H,28,31)(H,29,32). The van der Waals surface area contributed by atoms with E-state index in [1.165, 1.54) is 35.5 Å². The lowest BCUT2D eigenvalue weighted by Gasteiger charge is -2.34. The van der Waals surface area contributed by atoms with E-state index in [1.807, 2.05) is 13.8 Å². The second-order valence-corrected chi connectivity index (χ2v) is 12.5. The average Bonchev–Trinajstić information content (AvgIpc) is 3.11. The van der Waals surface area contributed by atoms with Gasteiger partial charge in [0.25, 0.3) is 11.5 Å². The molecule has 1 aliphatic rings. The second kappa shape index (κ2) is 9.52. The maximum absolute atomic E-state index is 14.0. The number of halogens is 1. The van der Waals surface area contributed by atoms with Crippen molar-refractivity contribution in [3.63, 3.8) is 0 Å². The van der Waals surface area contributed by atoms with Crippen LogP contribution in [0.3, 0.4) is 0 Å². The molecule has 3 aromatic rings. The molecule has 1 saturated carbocycles. The molecule has 4 rings (SSSR count). The first-order valence-corrected chi connectivity index (χ1v) is 13.7. The van der Waals surface area contributed by atoms with Crippen molar-refractivity contribution < 1.29 is 17.6 Å². The van der Waals surface area contributed by atoms with Crippen molar-refractivity contribution >= 4 is 26.6 Å². The van der Waals surface area contributed by atoms with E-state index in [1.54, 1.807) is 6.07 Å². The van der Waals surface area contributed by atoms with E-state index in [9.17, 15) is 22.4 Å². The van der Waals surface area contributed by atoms with Crippen LogP contribution in [0, 0.1) is 17.2 Å². The van der Waals surface area contributed by atoms with Gasteiger partial charge in [0, 0.05) is 24.7 Å². The van der Waals surface area contributed by atoms with Gasteiger partial charge in [-0.1, -0.05) is 19.9 Å². The third kappa shape index (κ3) is 5.95. The Bertz CT molecular complexity index is 1390. The largest absolute Gasteiger partial charge is 0.349 e. The Morgan fingerprint density at radius 3 is 2.49 bits per heavy atom. The van der Waals surface area contributed by atoms with E-state index in [2.05, 4.69) is 20.4 Å². The van der Waals surface area contributed by atoms with E-state index in [-0.39, 0.29) is 40.0 Å². The molecule has 1 aromatic carbocycles. The Balaban J connectivity index is 1.35. The molecule has 2 aromatic heterocycles. The van der Waals surface area contributed by atoms with Crippen LogP contribution in [0.25, 0.3) is 16.9 Å². The fourth-order valence-corrected chi connectivity index (χ4v) is 6.72. The lowest BCUT2D eigenvalue weighted by molar-refractivity contribution is 0.0916. The summed E-state index contributed by atoms with van der Waals surface area (Å²) in [5, 5.41) is 5.47. The van der Waals surface area contributed by atoms with E-state index >= 15 is 0 Å². The molecule has 188 valence electrons. The molecule has 2 N–H and O–H groups in total. The molecule has 0 saturated heterocycles. The van der Waals surface area contributed by atoms with E-state index in [4.69, 9.17) is 0 Å². The monoisotopic (exact) mass is 503 g/mol. The summed E-state index contributed by atoms with van der Waals surface area (Å²) >= 11 is 0. The molecule has 11 heteroatoms. The Morgan fingerprint density at radius 1 is 1.20 bits per heavy atom. The lowest BCUT2D eigenvalue weighted by atomic mass is 9.76. The van der Waals surface area contributed by atoms with Crippen LogP contribution in [0.5, 0.6) is 0 Å². The number of sulfone groups is 1. The molecule has 0 unspecified atom stereocenters. The van der Waals surface area contributed by atoms with Gasteiger partial charge in [-0.3, -0.25) is 14.7 Å². The normalized spacial score (nSPS) is 19.1. The molecular weight excluding hydrogens is 473 g/mol. The SMILES string of the molecule is CC(C)(CC1CCC(NC(=O)c2cnc(-n3[nH]c(=O)c4c(F)cccc43)nc2)CC1)CS(C)(=O)=O. The number of carbonyl (C=O) groups excluding carboxylic acids is 1. The predicted molar refractivity (Wildman–Crippen MR) is 131 cm³/mol. The summed E-state index contributed by atoms with van der Waals surface area (Å²) in [5.41, 5.74) is -0.258. The zero-order chi connectivity index (χ0) is 25.4. The average molecular weight is 504 g/mol. The van der Waals surface area contributed by atoms with Crippen LogP contribution in [0.2, 0.25) is 0 Å². The van der Waals surface area contributed by atoms with Gasteiger partial charge in [-0.2, -0.15) is 0 Å². The zero-order valence-corrected chi connectivity index (χ0v) is 20.9. The molecule has 1 fully saturated rings. The fourth-order valence-electron chi connectivity index (χ4n) is 5.18. The van der Waals surface area contributed by atoms with Crippen molar-refractivity contribution in [2.45, 2.75) is 52.0 Å². The van der Waals surface area contributed by atoms with Gasteiger partial charge >= 0.3 is 0 Å². The number of hydrogen-bond acceptors (Lipinski definition) is 6. The van der Waals surface area contributed by atoms with Crippen molar-refractivity contribution in [2.75, 3.05) is 12.0 Å². The minimum Gasteiger partial charge on any atom is -0.349 e. The zero-order valence-electron chi connectivity index (χ0n) is 20.0. The topological polar surface area (TPSA) is 127 Å². The fraction of sp³-hybridized carbons (Fsp3) is 0.500. The molecule has 0 atom stereocenters.